The van der Waals surface area contributed by atoms with Gasteiger partial charge in [-0.3, -0.25) is 4.57 Å². The van der Waals surface area contributed by atoms with Gasteiger partial charge in [-0.1, -0.05) is 0 Å². The number of hydrogen-bond donors (Lipinski definition) is 3. The summed E-state index contributed by atoms with van der Waals surface area (Å²) in [5, 5.41) is 21.2. The fraction of sp³-hybridized carbons (Fsp3) is 0.476. The molecule has 0 saturated carbocycles. The lowest BCUT2D eigenvalue weighted by Gasteiger charge is -2.18. The summed E-state index contributed by atoms with van der Waals surface area (Å²) in [6, 6.07) is 3.94. The van der Waals surface area contributed by atoms with Crippen LogP contribution in [0.5, 0.6) is 11.5 Å². The molecule has 3 heterocycles. The van der Waals surface area contributed by atoms with Gasteiger partial charge in [-0.05, 0) is 36.1 Å². The molecule has 0 radical (unpaired) electrons. The van der Waals surface area contributed by atoms with Crippen molar-refractivity contribution in [1.29, 1.82) is 0 Å². The van der Waals surface area contributed by atoms with Gasteiger partial charge in [0, 0.05) is 0 Å². The van der Waals surface area contributed by atoms with E-state index in [0.717, 1.165) is 11.1 Å². The summed E-state index contributed by atoms with van der Waals surface area (Å²) in [5.74, 6) is 1.60. The maximum atomic E-state index is 10.6. The number of methoxy groups -OCH3 is 2. The first kappa shape index (κ1) is 20.9. The number of nitrogen functional groups attached to an aromatic ring is 1. The Labute approximate surface area is 183 Å². The van der Waals surface area contributed by atoms with Crippen LogP contribution in [0.25, 0.3) is 11.2 Å². The number of aliphatic hydroxyl groups is 2. The molecule has 1 fully saturated rings. The van der Waals surface area contributed by atoms with Crippen molar-refractivity contribution >= 4 is 17.0 Å². The Morgan fingerprint density at radius 3 is 2.41 bits per heavy atom. The lowest BCUT2D eigenvalue weighted by atomic mass is 10.1. The van der Waals surface area contributed by atoms with Gasteiger partial charge in [-0.15, -0.1) is 0 Å². The van der Waals surface area contributed by atoms with E-state index in [1.807, 2.05) is 12.1 Å². The minimum absolute atomic E-state index is 0.0737. The summed E-state index contributed by atoms with van der Waals surface area (Å²) in [7, 11) is 3.22. The molecule has 1 saturated heterocycles. The second-order valence-electron chi connectivity index (χ2n) is 7.97. The van der Waals surface area contributed by atoms with Crippen molar-refractivity contribution < 1.29 is 29.2 Å². The SMILES string of the molecule is COc1cc2c(cc1OC)CC(OC[C@H]1O[C@@H](n3cnc4c(N)ncnc43)[C@H](O)[C@@H]1O)C2. The average molecular weight is 443 g/mol. The number of fused-ring (bicyclic) bond motifs is 2. The number of aromatic nitrogens is 4. The van der Waals surface area contributed by atoms with Gasteiger partial charge < -0.3 is 34.9 Å². The van der Waals surface area contributed by atoms with Crippen molar-refractivity contribution in [2.45, 2.75) is 43.5 Å². The summed E-state index contributed by atoms with van der Waals surface area (Å²) in [5.41, 5.74) is 8.94. The molecular weight excluding hydrogens is 418 g/mol. The quantitative estimate of drug-likeness (QED) is 0.484. The molecule has 1 aliphatic heterocycles. The van der Waals surface area contributed by atoms with Gasteiger partial charge in [0.1, 0.15) is 30.2 Å². The van der Waals surface area contributed by atoms with Gasteiger partial charge >= 0.3 is 0 Å². The lowest BCUT2D eigenvalue weighted by Crippen LogP contribution is -2.35. The van der Waals surface area contributed by atoms with Crippen molar-refractivity contribution in [3.8, 4) is 11.5 Å². The maximum absolute atomic E-state index is 10.6. The molecule has 4 atom stereocenters. The van der Waals surface area contributed by atoms with Crippen LogP contribution >= 0.6 is 0 Å². The second kappa shape index (κ2) is 8.17. The molecule has 4 N–H and O–H groups in total. The summed E-state index contributed by atoms with van der Waals surface area (Å²) in [6.45, 7) is 0.130. The highest BCUT2D eigenvalue weighted by Gasteiger charge is 2.45. The number of rotatable bonds is 6. The molecule has 0 amide bonds. The van der Waals surface area contributed by atoms with E-state index in [2.05, 4.69) is 15.0 Å². The first-order chi connectivity index (χ1) is 15.5. The van der Waals surface area contributed by atoms with Crippen LogP contribution in [-0.4, -0.2) is 75.0 Å². The second-order valence-corrected chi connectivity index (χ2v) is 7.97. The van der Waals surface area contributed by atoms with E-state index < -0.39 is 24.5 Å². The third-order valence-electron chi connectivity index (χ3n) is 6.10. The molecule has 32 heavy (non-hydrogen) atoms. The van der Waals surface area contributed by atoms with Gasteiger partial charge in [0.05, 0.1) is 33.3 Å². The van der Waals surface area contributed by atoms with E-state index in [0.29, 0.717) is 35.5 Å². The normalized spacial score (nSPS) is 25.4. The number of benzene rings is 1. The number of nitrogens with zero attached hydrogens (tertiary/aromatic N) is 4. The van der Waals surface area contributed by atoms with Gasteiger partial charge in [-0.2, -0.15) is 0 Å². The summed E-state index contributed by atoms with van der Waals surface area (Å²) >= 11 is 0. The standard InChI is InChI=1S/C21H25N5O6/c1-29-13-5-10-3-12(4-11(10)6-14(13)30-2)31-7-15-17(27)18(28)21(32-15)26-9-25-16-19(22)23-8-24-20(16)26/h5-6,8-9,12,15,17-18,21,27-28H,3-4,7H2,1-2H3,(H2,22,23,24)/t15-,17-,18-,21-/m1/s1. The van der Waals surface area contributed by atoms with E-state index in [-0.39, 0.29) is 18.5 Å². The highest BCUT2D eigenvalue weighted by Crippen LogP contribution is 2.36. The average Bonchev–Trinajstić information content (AvgIpc) is 3.48. The highest BCUT2D eigenvalue weighted by molar-refractivity contribution is 5.81. The molecule has 5 rings (SSSR count). The maximum Gasteiger partial charge on any atom is 0.167 e. The van der Waals surface area contributed by atoms with E-state index >= 15 is 0 Å². The smallest absolute Gasteiger partial charge is 0.167 e. The predicted octanol–water partition coefficient (Wildman–Crippen LogP) is 0.229. The molecule has 1 aromatic carbocycles. The van der Waals surface area contributed by atoms with Crippen LogP contribution in [0.2, 0.25) is 0 Å². The lowest BCUT2D eigenvalue weighted by molar-refractivity contribution is -0.0791. The molecule has 0 unspecified atom stereocenters. The molecule has 0 spiro atoms. The number of ether oxygens (including phenoxy) is 4. The van der Waals surface area contributed by atoms with Crippen LogP contribution in [0.4, 0.5) is 5.82 Å². The predicted molar refractivity (Wildman–Crippen MR) is 112 cm³/mol. The Kier molecular flexibility index (Phi) is 5.33. The largest absolute Gasteiger partial charge is 0.493 e. The molecule has 1 aliphatic carbocycles. The Bertz CT molecular complexity index is 1100. The number of aliphatic hydroxyl groups excluding tert-OH is 2. The van der Waals surface area contributed by atoms with E-state index in [9.17, 15) is 10.2 Å². The summed E-state index contributed by atoms with van der Waals surface area (Å²) in [4.78, 5) is 12.3. The zero-order valence-corrected chi connectivity index (χ0v) is 17.7. The van der Waals surface area contributed by atoms with Crippen LogP contribution in [0.3, 0.4) is 0 Å². The van der Waals surface area contributed by atoms with Crippen molar-refractivity contribution in [2.24, 2.45) is 0 Å². The fourth-order valence-electron chi connectivity index (χ4n) is 4.41. The molecule has 11 nitrogen and oxygen atoms in total. The van der Waals surface area contributed by atoms with E-state index in [4.69, 9.17) is 24.7 Å². The molecular formula is C21H25N5O6. The Morgan fingerprint density at radius 1 is 1.06 bits per heavy atom. The van der Waals surface area contributed by atoms with Gasteiger partial charge in [0.15, 0.2) is 29.2 Å². The van der Waals surface area contributed by atoms with Crippen LogP contribution in [0, 0.1) is 0 Å². The molecule has 170 valence electrons. The minimum Gasteiger partial charge on any atom is -0.493 e. The zero-order valence-electron chi connectivity index (χ0n) is 17.7. The van der Waals surface area contributed by atoms with Crippen molar-refractivity contribution in [1.82, 2.24) is 19.5 Å². The van der Waals surface area contributed by atoms with Crippen molar-refractivity contribution in [3.05, 3.63) is 35.9 Å². The van der Waals surface area contributed by atoms with Crippen molar-refractivity contribution in [3.63, 3.8) is 0 Å². The Hall–Kier alpha value is -2.99. The minimum atomic E-state index is -1.17. The number of nitrogens with two attached hydrogens (primary N) is 1. The molecule has 3 aromatic rings. The molecule has 0 bridgehead atoms. The van der Waals surface area contributed by atoms with Gasteiger partial charge in [0.25, 0.3) is 0 Å². The van der Waals surface area contributed by atoms with Gasteiger partial charge in [-0.25, -0.2) is 15.0 Å². The summed E-state index contributed by atoms with van der Waals surface area (Å²) < 4.78 is 24.3. The van der Waals surface area contributed by atoms with Crippen molar-refractivity contribution in [2.75, 3.05) is 26.6 Å². The topological polar surface area (TPSA) is 147 Å². The number of imidazole rings is 1. The summed E-state index contributed by atoms with van der Waals surface area (Å²) in [6.07, 6.45) is 0.262. The third kappa shape index (κ3) is 3.43. The molecule has 2 aliphatic rings. The molecule has 11 heteroatoms. The van der Waals surface area contributed by atoms with Crippen LogP contribution in [-0.2, 0) is 22.3 Å². The molecule has 2 aromatic heterocycles. The van der Waals surface area contributed by atoms with E-state index in [1.165, 1.54) is 12.7 Å². The van der Waals surface area contributed by atoms with Crippen LogP contribution in [0.15, 0.2) is 24.8 Å². The highest BCUT2D eigenvalue weighted by atomic mass is 16.6. The number of anilines is 1. The third-order valence-corrected chi connectivity index (χ3v) is 6.10. The Balaban J connectivity index is 1.26. The first-order valence-corrected chi connectivity index (χ1v) is 10.3. The monoisotopic (exact) mass is 443 g/mol. The van der Waals surface area contributed by atoms with E-state index in [1.54, 1.807) is 18.8 Å². The Morgan fingerprint density at radius 2 is 1.75 bits per heavy atom. The number of hydrogen-bond acceptors (Lipinski definition) is 10. The first-order valence-electron chi connectivity index (χ1n) is 10.3. The van der Waals surface area contributed by atoms with Crippen LogP contribution in [0.1, 0.15) is 17.4 Å². The van der Waals surface area contributed by atoms with Crippen LogP contribution < -0.4 is 15.2 Å². The zero-order chi connectivity index (χ0) is 22.4. The fourth-order valence-corrected chi connectivity index (χ4v) is 4.41. The van der Waals surface area contributed by atoms with Gasteiger partial charge in [0.2, 0.25) is 0 Å².